The largest absolute Gasteiger partial charge is 0.497 e. The molecule has 12 N–H and O–H groups in total. The zero-order chi connectivity index (χ0) is 104. The van der Waals surface area contributed by atoms with Crippen LogP contribution in [0.25, 0.3) is 0 Å². The first-order valence-corrected chi connectivity index (χ1v) is 47.6. The van der Waals surface area contributed by atoms with Crippen LogP contribution in [0.5, 0.6) is 40.2 Å². The molecule has 12 aromatic carbocycles. The molecule has 0 radical (unpaired) electrons. The Morgan fingerprint density at radius 3 is 0.831 bits per heavy atom. The van der Waals surface area contributed by atoms with Gasteiger partial charge in [-0.2, -0.15) is 30.4 Å². The number of hydrogen-bond donors (Lipinski definition) is 12. The molecule has 754 valence electrons. The van der Waals surface area contributed by atoms with Gasteiger partial charge in [-0.15, -0.1) is 0 Å². The third-order valence-corrected chi connectivity index (χ3v) is 23.6. The van der Waals surface area contributed by atoms with Crippen molar-refractivity contribution in [2.45, 2.75) is 162 Å². The van der Waals surface area contributed by atoms with Crippen LogP contribution in [-0.2, 0) is 46.1 Å². The molecule has 0 aliphatic heterocycles. The van der Waals surface area contributed by atoms with Crippen molar-refractivity contribution >= 4 is 109 Å². The number of aryl methyl sites for hydroxylation is 14. The van der Waals surface area contributed by atoms with Crippen LogP contribution in [0, 0.1) is 93.6 Å². The van der Waals surface area contributed by atoms with E-state index >= 15 is 0 Å². The molecule has 1 aliphatic rings. The maximum Gasteiger partial charge on any atom is 0.345 e. The van der Waals surface area contributed by atoms with E-state index in [2.05, 4.69) is 88.6 Å². The van der Waals surface area contributed by atoms with Crippen molar-refractivity contribution in [2.24, 2.45) is 0 Å². The van der Waals surface area contributed by atoms with Crippen LogP contribution in [0.15, 0.2) is 223 Å². The number of methoxy groups -OCH3 is 1. The summed E-state index contributed by atoms with van der Waals surface area (Å²) in [6, 6.07) is 65.0. The summed E-state index contributed by atoms with van der Waals surface area (Å²) in [4.78, 5) is 70.3. The fraction of sp³-hybridized carbons (Fsp3) is 0.284. The number of rotatable bonds is 27. The first-order chi connectivity index (χ1) is 67.7. The van der Waals surface area contributed by atoms with Crippen LogP contribution < -0.4 is 95.4 Å². The number of anilines is 6. The van der Waals surface area contributed by atoms with Gasteiger partial charge in [0.25, 0.3) is 0 Å². The SMILES string of the molecule is CCc1ccc(COc2ccc(C)cc2C)c(N(O)C(=O)NC)c1.CNC(=O)N(O)c1cc(Br)ccc1COc1ccc(C)cc1C.CNC(=O)N(O)c1cc(C)ccc1COc1ccc(C)cc1C.CNC(=O)N(O)c1cc(C2CC2)ccc1COc1ccc(C)cc1C.CNC(=O)N(O)c1cc(I)ccc1COc1ccc(C)cc1C.CNC(=O)N(O)c1cc(OC)ccc1COc1ccc(C)cc1C. The molecule has 33 heteroatoms. The van der Waals surface area contributed by atoms with E-state index in [1.165, 1.54) is 77.2 Å². The summed E-state index contributed by atoms with van der Waals surface area (Å²) in [7, 11) is 10.3. The van der Waals surface area contributed by atoms with Crippen LogP contribution in [0.3, 0.4) is 0 Å². The zero-order valence-electron chi connectivity index (χ0n) is 84.2. The minimum absolute atomic E-state index is 0.206. The first-order valence-electron chi connectivity index (χ1n) is 45.7. The summed E-state index contributed by atoms with van der Waals surface area (Å²) in [5.41, 5.74) is 23.1. The van der Waals surface area contributed by atoms with Gasteiger partial charge >= 0.3 is 36.2 Å². The lowest BCUT2D eigenvalue weighted by atomic mass is 10.1. The Hall–Kier alpha value is -14.2. The number of benzene rings is 12. The second kappa shape index (κ2) is 55.1. The second-order valence-electron chi connectivity index (χ2n) is 33.7. The Morgan fingerprint density at radius 2 is 0.542 bits per heavy atom. The topological polar surface area (TPSA) is 380 Å². The molecule has 1 saturated carbocycles. The molecule has 0 spiro atoms. The molecule has 0 unspecified atom stereocenters. The molecule has 0 bridgehead atoms. The summed E-state index contributed by atoms with van der Waals surface area (Å²) in [6.45, 7) is 29.5. The van der Waals surface area contributed by atoms with Crippen molar-refractivity contribution < 1.29 is 93.2 Å². The van der Waals surface area contributed by atoms with E-state index in [9.17, 15) is 60.0 Å². The number of hydroxylamine groups is 6. The number of ether oxygens (including phenoxy) is 7. The number of urea groups is 6. The molecule has 0 saturated heterocycles. The second-order valence-corrected chi connectivity index (χ2v) is 35.9. The van der Waals surface area contributed by atoms with Crippen molar-refractivity contribution in [3.63, 3.8) is 0 Å². The highest BCUT2D eigenvalue weighted by atomic mass is 127. The van der Waals surface area contributed by atoms with Gasteiger partial charge in [-0.05, 0) is 279 Å². The van der Waals surface area contributed by atoms with Gasteiger partial charge in [0.2, 0.25) is 0 Å². The molecule has 0 aromatic heterocycles. The smallest absolute Gasteiger partial charge is 0.345 e. The maximum absolute atomic E-state index is 11.9. The monoisotopic (exact) mass is 2120 g/mol. The van der Waals surface area contributed by atoms with Crippen LogP contribution >= 0.6 is 38.5 Å². The van der Waals surface area contributed by atoms with Crippen LogP contribution in [-0.4, -0.2) is 117 Å². The minimum Gasteiger partial charge on any atom is -0.497 e. The van der Waals surface area contributed by atoms with E-state index in [-0.39, 0.29) is 39.6 Å². The van der Waals surface area contributed by atoms with Gasteiger partial charge in [0.1, 0.15) is 79.9 Å². The molecule has 0 atom stereocenters. The third kappa shape index (κ3) is 33.3. The molecule has 0 heterocycles. The number of nitrogens with zero attached hydrogens (tertiary/aromatic N) is 6. The normalized spacial score (nSPS) is 10.9. The number of nitrogens with one attached hydrogen (secondary N) is 6. The number of amides is 12. The van der Waals surface area contributed by atoms with Gasteiger partial charge in [0.15, 0.2) is 0 Å². The molecule has 1 fully saturated rings. The lowest BCUT2D eigenvalue weighted by molar-refractivity contribution is 0.205. The summed E-state index contributed by atoms with van der Waals surface area (Å²) >= 11 is 5.47. The van der Waals surface area contributed by atoms with Crippen LogP contribution in [0.4, 0.5) is 62.9 Å². The maximum atomic E-state index is 11.9. The number of halogens is 2. The average molecular weight is 2120 g/mol. The Balaban J connectivity index is 0.000000209. The Kier molecular flexibility index (Phi) is 43.9. The minimum atomic E-state index is -0.643. The van der Waals surface area contributed by atoms with E-state index in [0.717, 1.165) is 140 Å². The Labute approximate surface area is 853 Å². The van der Waals surface area contributed by atoms with Gasteiger partial charge in [0.05, 0.1) is 41.2 Å². The van der Waals surface area contributed by atoms with Gasteiger partial charge in [-0.3, -0.25) is 31.2 Å². The van der Waals surface area contributed by atoms with Crippen molar-refractivity contribution in [3.05, 3.63) is 343 Å². The van der Waals surface area contributed by atoms with E-state index in [1.807, 2.05) is 249 Å². The molecule has 12 aromatic rings. The molecule has 13 rings (SSSR count). The molecule has 1 aliphatic carbocycles. The van der Waals surface area contributed by atoms with E-state index in [1.54, 1.807) is 48.5 Å². The number of hydrogen-bond acceptors (Lipinski definition) is 19. The van der Waals surface area contributed by atoms with Gasteiger partial charge < -0.3 is 65.1 Å². The lowest BCUT2D eigenvalue weighted by Gasteiger charge is -2.20. The first kappa shape index (κ1) is 113. The lowest BCUT2D eigenvalue weighted by Crippen LogP contribution is -2.36. The van der Waals surface area contributed by atoms with E-state index < -0.39 is 36.2 Å². The van der Waals surface area contributed by atoms with E-state index in [4.69, 9.17) is 33.2 Å². The molecular formula is C109H130BrIN12O19. The van der Waals surface area contributed by atoms with E-state index in [0.29, 0.717) is 87.3 Å². The number of carbonyl (C=O) groups excluding carboxylic acids is 6. The fourth-order valence-corrected chi connectivity index (χ4v) is 15.2. The van der Waals surface area contributed by atoms with Crippen molar-refractivity contribution in [3.8, 4) is 40.2 Å². The quantitative estimate of drug-likeness (QED) is 0.0129. The predicted molar refractivity (Wildman–Crippen MR) is 566 cm³/mol. The average Bonchev–Trinajstić information content (AvgIpc) is 1.66. The third-order valence-electron chi connectivity index (χ3n) is 22.4. The molecule has 31 nitrogen and oxygen atoms in total. The predicted octanol–water partition coefficient (Wildman–Crippen LogP) is 23.6. The van der Waals surface area contributed by atoms with Crippen molar-refractivity contribution in [2.75, 3.05) is 79.8 Å². The molecule has 12 amide bonds. The zero-order valence-corrected chi connectivity index (χ0v) is 87.9. The Morgan fingerprint density at radius 1 is 0.303 bits per heavy atom. The summed E-state index contributed by atoms with van der Waals surface area (Å²) in [5, 5.41) is 78.6. The highest BCUT2D eigenvalue weighted by Gasteiger charge is 2.28. The van der Waals surface area contributed by atoms with Gasteiger partial charge in [0, 0.05) is 89.8 Å². The highest BCUT2D eigenvalue weighted by molar-refractivity contribution is 14.1. The fourth-order valence-electron chi connectivity index (χ4n) is 14.4. The highest BCUT2D eigenvalue weighted by Crippen LogP contribution is 2.43. The molecular weight excluding hydrogens is 1990 g/mol. The summed E-state index contributed by atoms with van der Waals surface area (Å²) in [6.07, 6.45) is 3.12. The van der Waals surface area contributed by atoms with Crippen LogP contribution in [0.2, 0.25) is 0 Å². The number of carbonyl (C=O) groups is 6. The van der Waals surface area contributed by atoms with Gasteiger partial charge in [-0.25, -0.2) is 28.8 Å². The Bertz CT molecular complexity index is 5930. The summed E-state index contributed by atoms with van der Waals surface area (Å²) < 4.78 is 42.0. The molecule has 142 heavy (non-hydrogen) atoms. The van der Waals surface area contributed by atoms with Crippen molar-refractivity contribution in [1.29, 1.82) is 0 Å². The summed E-state index contributed by atoms with van der Waals surface area (Å²) in [5.74, 6) is 5.74. The standard InChI is InChI=1S/C20H24N2O3.C19H24N2O3.C18H22N2O4.C18H22N2O3.C17H19BrN2O3.C17H19IN2O3/c1-13-4-9-19(14(2)10-13)25-12-17-8-7-16(15-5-6-15)11-18(17)22(24)20(23)21-3;1-5-15-7-8-16(17(11-15)21(23)19(22)20-4)12-24-18-9-6-13(2)10-14(18)3;1-12-5-8-17(13(2)9-12)24-11-14-6-7-15(23-4)10-16(14)20(22)18(21)19-3;1-12-6-8-17(14(3)9-12)23-11-15-7-5-13(2)10-16(15)20(22)18(21)19-4;2*1-11-4-7-16(12(2)8-11)23-10-13-5-6-14(18)9-15(13)20(22)17(21)19-3/h4,7-11,15,24H,5-6,12H2,1-3H3,(H,21,23);6-11,23H,5,12H2,1-4H3,(H,20,22);5-10,22H,11H2,1-4H3,(H,19,21);5-10,22H,11H2,1-4H3,(H,19,21);2*4-9,22H,10H2,1-3H3,(H,19,21). The van der Waals surface area contributed by atoms with Crippen molar-refractivity contribution in [1.82, 2.24) is 31.9 Å². The van der Waals surface area contributed by atoms with Gasteiger partial charge in [-0.1, -0.05) is 178 Å². The van der Waals surface area contributed by atoms with Crippen LogP contribution in [0.1, 0.15) is 143 Å².